The van der Waals surface area contributed by atoms with E-state index in [9.17, 15) is 4.79 Å². The first-order valence-corrected chi connectivity index (χ1v) is 9.09. The van der Waals surface area contributed by atoms with E-state index in [-0.39, 0.29) is 12.1 Å². The molecule has 0 saturated carbocycles. The molecule has 3 rings (SSSR count). The highest BCUT2D eigenvalue weighted by atomic mass is 16.5. The second kappa shape index (κ2) is 8.94. The Balaban J connectivity index is 1.70. The van der Waals surface area contributed by atoms with Gasteiger partial charge in [-0.05, 0) is 49.7 Å². The number of hydrogen-bond donors (Lipinski definition) is 2. The number of amides is 2. The van der Waals surface area contributed by atoms with Crippen molar-refractivity contribution in [1.82, 2.24) is 15.1 Å². The molecule has 2 amide bonds. The molecule has 0 fully saturated rings. The Morgan fingerprint density at radius 1 is 1.18 bits per heavy atom. The van der Waals surface area contributed by atoms with Crippen LogP contribution in [0.1, 0.15) is 25.5 Å². The number of hydrogen-bond acceptors (Lipinski definition) is 4. The van der Waals surface area contributed by atoms with E-state index in [1.165, 1.54) is 0 Å². The first-order chi connectivity index (χ1) is 13.6. The summed E-state index contributed by atoms with van der Waals surface area (Å²) in [6.07, 6.45) is 3.52. The first kappa shape index (κ1) is 19.3. The molecule has 1 aromatic heterocycles. The standard InChI is InChI=1S/C21H24N4O3/c1-4-28-19-11-10-16(14-20(19)27-3)15(2)23-21(26)24-17-8-5-6-9-18(17)25-13-7-12-22-25/h5-15H,4H2,1-3H3,(H2,23,24,26)/t15-/m1/s1. The molecule has 0 aliphatic rings. The van der Waals surface area contributed by atoms with Gasteiger partial charge in [0.25, 0.3) is 0 Å². The minimum atomic E-state index is -0.306. The van der Waals surface area contributed by atoms with Crippen molar-refractivity contribution in [2.75, 3.05) is 19.0 Å². The van der Waals surface area contributed by atoms with Crippen molar-refractivity contribution in [2.45, 2.75) is 19.9 Å². The molecule has 0 radical (unpaired) electrons. The summed E-state index contributed by atoms with van der Waals surface area (Å²) >= 11 is 0. The molecule has 2 N–H and O–H groups in total. The zero-order valence-corrected chi connectivity index (χ0v) is 16.2. The number of rotatable bonds is 7. The highest BCUT2D eigenvalue weighted by Crippen LogP contribution is 2.30. The zero-order chi connectivity index (χ0) is 19.9. The Labute approximate surface area is 164 Å². The molecule has 0 saturated heterocycles. The summed E-state index contributed by atoms with van der Waals surface area (Å²) in [6.45, 7) is 4.39. The van der Waals surface area contributed by atoms with Gasteiger partial charge in [-0.15, -0.1) is 0 Å². The number of urea groups is 1. The maximum absolute atomic E-state index is 12.5. The van der Waals surface area contributed by atoms with Gasteiger partial charge in [0, 0.05) is 12.4 Å². The zero-order valence-electron chi connectivity index (χ0n) is 16.2. The lowest BCUT2D eigenvalue weighted by Crippen LogP contribution is -2.31. The predicted octanol–water partition coefficient (Wildman–Crippen LogP) is 4.16. The van der Waals surface area contributed by atoms with Crippen LogP contribution >= 0.6 is 0 Å². The van der Waals surface area contributed by atoms with E-state index < -0.39 is 0 Å². The second-order valence-corrected chi connectivity index (χ2v) is 6.13. The summed E-state index contributed by atoms with van der Waals surface area (Å²) in [5.41, 5.74) is 2.37. The fourth-order valence-corrected chi connectivity index (χ4v) is 2.86. The molecule has 0 spiro atoms. The number of para-hydroxylation sites is 2. The molecule has 7 heteroatoms. The number of methoxy groups -OCH3 is 1. The lowest BCUT2D eigenvalue weighted by Gasteiger charge is -2.18. The predicted molar refractivity (Wildman–Crippen MR) is 108 cm³/mol. The Morgan fingerprint density at radius 3 is 2.71 bits per heavy atom. The van der Waals surface area contributed by atoms with E-state index in [2.05, 4.69) is 15.7 Å². The van der Waals surface area contributed by atoms with Crippen LogP contribution in [-0.2, 0) is 0 Å². The Morgan fingerprint density at radius 2 is 2.00 bits per heavy atom. The van der Waals surface area contributed by atoms with E-state index in [1.807, 2.05) is 68.6 Å². The highest BCUT2D eigenvalue weighted by molar-refractivity contribution is 5.91. The van der Waals surface area contributed by atoms with Gasteiger partial charge in [0.1, 0.15) is 0 Å². The molecule has 3 aromatic rings. The number of nitrogens with zero attached hydrogens (tertiary/aromatic N) is 2. The van der Waals surface area contributed by atoms with Gasteiger partial charge in [0.2, 0.25) is 0 Å². The first-order valence-electron chi connectivity index (χ1n) is 9.09. The summed E-state index contributed by atoms with van der Waals surface area (Å²) < 4.78 is 12.6. The summed E-state index contributed by atoms with van der Waals surface area (Å²) in [4.78, 5) is 12.5. The number of aromatic nitrogens is 2. The van der Waals surface area contributed by atoms with Crippen molar-refractivity contribution in [1.29, 1.82) is 0 Å². The SMILES string of the molecule is CCOc1ccc([C@@H](C)NC(=O)Nc2ccccc2-n2cccn2)cc1OC. The van der Waals surface area contributed by atoms with E-state index in [0.717, 1.165) is 11.3 Å². The average molecular weight is 380 g/mol. The van der Waals surface area contributed by atoms with E-state index in [1.54, 1.807) is 18.0 Å². The van der Waals surface area contributed by atoms with Crippen LogP contribution in [0.25, 0.3) is 5.69 Å². The quantitative estimate of drug-likeness (QED) is 0.645. The van der Waals surface area contributed by atoms with Crippen molar-refractivity contribution < 1.29 is 14.3 Å². The average Bonchev–Trinajstić information content (AvgIpc) is 3.23. The highest BCUT2D eigenvalue weighted by Gasteiger charge is 2.14. The van der Waals surface area contributed by atoms with Gasteiger partial charge in [-0.1, -0.05) is 18.2 Å². The third-order valence-electron chi connectivity index (χ3n) is 4.24. The molecule has 0 unspecified atom stereocenters. The maximum atomic E-state index is 12.5. The molecular formula is C21H24N4O3. The van der Waals surface area contributed by atoms with Crippen LogP contribution in [0.15, 0.2) is 60.9 Å². The molecular weight excluding hydrogens is 356 g/mol. The topological polar surface area (TPSA) is 77.4 Å². The number of carbonyl (C=O) groups is 1. The van der Waals surface area contributed by atoms with E-state index in [4.69, 9.17) is 9.47 Å². The molecule has 0 aliphatic heterocycles. The molecule has 0 aliphatic carbocycles. The molecule has 1 atom stereocenters. The Bertz CT molecular complexity index is 925. The number of benzene rings is 2. The summed E-state index contributed by atoms with van der Waals surface area (Å²) in [6, 6.07) is 14.4. The monoisotopic (exact) mass is 380 g/mol. The van der Waals surface area contributed by atoms with Gasteiger partial charge in [0.15, 0.2) is 11.5 Å². The Hall–Kier alpha value is -3.48. The molecule has 146 valence electrons. The van der Waals surface area contributed by atoms with Crippen molar-refractivity contribution in [3.63, 3.8) is 0 Å². The summed E-state index contributed by atoms with van der Waals surface area (Å²) in [5, 5.41) is 10.1. The van der Waals surface area contributed by atoms with Gasteiger partial charge in [-0.2, -0.15) is 5.10 Å². The van der Waals surface area contributed by atoms with Gasteiger partial charge in [0.05, 0.1) is 31.1 Å². The van der Waals surface area contributed by atoms with Gasteiger partial charge in [-0.3, -0.25) is 0 Å². The number of ether oxygens (including phenoxy) is 2. The summed E-state index contributed by atoms with van der Waals surface area (Å²) in [7, 11) is 1.60. The van der Waals surface area contributed by atoms with Crippen LogP contribution < -0.4 is 20.1 Å². The summed E-state index contributed by atoms with van der Waals surface area (Å²) in [5.74, 6) is 1.32. The third kappa shape index (κ3) is 4.43. The number of nitrogens with one attached hydrogen (secondary N) is 2. The van der Waals surface area contributed by atoms with Crippen molar-refractivity contribution >= 4 is 11.7 Å². The van der Waals surface area contributed by atoms with Crippen LogP contribution in [0.2, 0.25) is 0 Å². The van der Waals surface area contributed by atoms with E-state index >= 15 is 0 Å². The van der Waals surface area contributed by atoms with Crippen LogP contribution in [0, 0.1) is 0 Å². The minimum Gasteiger partial charge on any atom is -0.493 e. The van der Waals surface area contributed by atoms with Crippen molar-refractivity contribution in [3.05, 3.63) is 66.5 Å². The number of carbonyl (C=O) groups excluding carboxylic acids is 1. The Kier molecular flexibility index (Phi) is 6.16. The van der Waals surface area contributed by atoms with Gasteiger partial charge < -0.3 is 20.1 Å². The lowest BCUT2D eigenvalue weighted by molar-refractivity contribution is 0.249. The fourth-order valence-electron chi connectivity index (χ4n) is 2.86. The third-order valence-corrected chi connectivity index (χ3v) is 4.24. The van der Waals surface area contributed by atoms with Crippen LogP contribution in [0.4, 0.5) is 10.5 Å². The number of anilines is 1. The fraction of sp³-hybridized carbons (Fsp3) is 0.238. The normalized spacial score (nSPS) is 11.5. The maximum Gasteiger partial charge on any atom is 0.319 e. The van der Waals surface area contributed by atoms with Crippen LogP contribution in [0.3, 0.4) is 0 Å². The smallest absolute Gasteiger partial charge is 0.319 e. The van der Waals surface area contributed by atoms with Crippen molar-refractivity contribution in [2.24, 2.45) is 0 Å². The molecule has 0 bridgehead atoms. The van der Waals surface area contributed by atoms with Crippen LogP contribution in [-0.4, -0.2) is 29.5 Å². The minimum absolute atomic E-state index is 0.221. The van der Waals surface area contributed by atoms with E-state index in [0.29, 0.717) is 23.8 Å². The lowest BCUT2D eigenvalue weighted by atomic mass is 10.1. The molecule has 28 heavy (non-hydrogen) atoms. The second-order valence-electron chi connectivity index (χ2n) is 6.13. The van der Waals surface area contributed by atoms with Crippen molar-refractivity contribution in [3.8, 4) is 17.2 Å². The molecule has 1 heterocycles. The molecule has 7 nitrogen and oxygen atoms in total. The largest absolute Gasteiger partial charge is 0.493 e. The van der Waals surface area contributed by atoms with Gasteiger partial charge in [-0.25, -0.2) is 9.48 Å². The molecule has 2 aromatic carbocycles. The van der Waals surface area contributed by atoms with Gasteiger partial charge >= 0.3 is 6.03 Å². The van der Waals surface area contributed by atoms with Crippen LogP contribution in [0.5, 0.6) is 11.5 Å².